The summed E-state index contributed by atoms with van der Waals surface area (Å²) in [5, 5.41) is 2.83. The molecule has 1 rings (SSSR count). The molecule has 0 aliphatic rings. The third kappa shape index (κ3) is 4.88. The molecule has 6 heteroatoms. The number of benzene rings is 1. The maximum atomic E-state index is 12.1. The van der Waals surface area contributed by atoms with Crippen molar-refractivity contribution in [3.05, 3.63) is 29.8 Å². The first kappa shape index (κ1) is 17.2. The smallest absolute Gasteiger partial charge is 0.251 e. The third-order valence-electron chi connectivity index (χ3n) is 3.13. The fraction of sp³-hybridized carbons (Fsp3) is 0.400. The molecule has 0 aromatic heterocycles. The van der Waals surface area contributed by atoms with Crippen LogP contribution in [0.1, 0.15) is 31.1 Å². The molecule has 1 atom stereocenters. The van der Waals surface area contributed by atoms with E-state index in [0.717, 1.165) is 0 Å². The molecule has 0 heterocycles. The fourth-order valence-corrected chi connectivity index (χ4v) is 2.46. The summed E-state index contributed by atoms with van der Waals surface area (Å²) in [5.41, 5.74) is 0.297. The summed E-state index contributed by atoms with van der Waals surface area (Å²) in [6.45, 7) is 5.80. The molecule has 0 aliphatic heterocycles. The molecule has 5 nitrogen and oxygen atoms in total. The number of sulfonamides is 1. The second kappa shape index (κ2) is 7.25. The van der Waals surface area contributed by atoms with Crippen LogP contribution in [0.5, 0.6) is 0 Å². The van der Waals surface area contributed by atoms with Crippen LogP contribution < -0.4 is 10.0 Å². The first-order valence-corrected chi connectivity index (χ1v) is 8.10. The summed E-state index contributed by atoms with van der Waals surface area (Å²) in [5.74, 6) is 2.19. The van der Waals surface area contributed by atoms with Gasteiger partial charge in [0.05, 0.1) is 11.4 Å². The topological polar surface area (TPSA) is 75.3 Å². The van der Waals surface area contributed by atoms with Crippen molar-refractivity contribution in [2.45, 2.75) is 31.7 Å². The summed E-state index contributed by atoms with van der Waals surface area (Å²) in [6.07, 6.45) is 5.03. The van der Waals surface area contributed by atoms with Crippen LogP contribution in [0, 0.1) is 18.3 Å². The Morgan fingerprint density at radius 1 is 1.33 bits per heavy atom. The summed E-state index contributed by atoms with van der Waals surface area (Å²) in [6, 6.07) is 5.85. The minimum absolute atomic E-state index is 0.00247. The highest BCUT2D eigenvalue weighted by atomic mass is 32.2. The van der Waals surface area contributed by atoms with Crippen LogP contribution in [0.25, 0.3) is 0 Å². The van der Waals surface area contributed by atoms with Crippen molar-refractivity contribution in [3.8, 4) is 12.3 Å². The lowest BCUT2D eigenvalue weighted by molar-refractivity contribution is 0.0930. The number of terminal acetylenes is 1. The van der Waals surface area contributed by atoms with Crippen LogP contribution in [0.4, 0.5) is 0 Å². The number of carbonyl (C=O) groups is 1. The van der Waals surface area contributed by atoms with Gasteiger partial charge < -0.3 is 5.32 Å². The summed E-state index contributed by atoms with van der Waals surface area (Å²) < 4.78 is 26.2. The molecule has 0 aliphatic carbocycles. The van der Waals surface area contributed by atoms with E-state index < -0.39 is 10.0 Å². The fourth-order valence-electron chi connectivity index (χ4n) is 1.48. The van der Waals surface area contributed by atoms with E-state index in [1.165, 1.54) is 18.2 Å². The van der Waals surface area contributed by atoms with Crippen molar-refractivity contribution in [3.63, 3.8) is 0 Å². The number of carbonyl (C=O) groups excluding carboxylic acids is 1. The highest BCUT2D eigenvalue weighted by Gasteiger charge is 2.17. The van der Waals surface area contributed by atoms with Gasteiger partial charge in [-0.1, -0.05) is 25.8 Å². The van der Waals surface area contributed by atoms with Gasteiger partial charge in [0.1, 0.15) is 0 Å². The Hall–Kier alpha value is -1.84. The predicted octanol–water partition coefficient (Wildman–Crippen LogP) is 1.37. The predicted molar refractivity (Wildman–Crippen MR) is 82.2 cm³/mol. The lowest BCUT2D eigenvalue weighted by Gasteiger charge is -2.17. The van der Waals surface area contributed by atoms with Crippen LogP contribution in [-0.2, 0) is 10.0 Å². The van der Waals surface area contributed by atoms with E-state index in [2.05, 4.69) is 16.0 Å². The van der Waals surface area contributed by atoms with E-state index in [4.69, 9.17) is 6.42 Å². The number of hydrogen-bond donors (Lipinski definition) is 2. The Morgan fingerprint density at radius 3 is 2.57 bits per heavy atom. The minimum Gasteiger partial charge on any atom is -0.349 e. The number of amides is 1. The molecular formula is C15H20N2O3S. The number of rotatable bonds is 6. The van der Waals surface area contributed by atoms with Gasteiger partial charge in [-0.2, -0.15) is 4.72 Å². The summed E-state index contributed by atoms with van der Waals surface area (Å²) in [7, 11) is -3.70. The van der Waals surface area contributed by atoms with E-state index in [0.29, 0.717) is 5.56 Å². The van der Waals surface area contributed by atoms with E-state index in [1.807, 2.05) is 20.8 Å². The van der Waals surface area contributed by atoms with Crippen molar-refractivity contribution in [2.24, 2.45) is 5.92 Å². The van der Waals surface area contributed by atoms with Crippen molar-refractivity contribution < 1.29 is 13.2 Å². The zero-order chi connectivity index (χ0) is 16.0. The van der Waals surface area contributed by atoms with E-state index in [9.17, 15) is 13.2 Å². The van der Waals surface area contributed by atoms with Gasteiger partial charge in [0.2, 0.25) is 10.0 Å². The van der Waals surface area contributed by atoms with Crippen LogP contribution in [0.3, 0.4) is 0 Å². The van der Waals surface area contributed by atoms with Crippen molar-refractivity contribution in [1.29, 1.82) is 0 Å². The van der Waals surface area contributed by atoms with Gasteiger partial charge in [-0.05, 0) is 31.0 Å². The van der Waals surface area contributed by atoms with E-state index in [-0.39, 0.29) is 29.3 Å². The van der Waals surface area contributed by atoms with Crippen molar-refractivity contribution >= 4 is 15.9 Å². The molecule has 1 aromatic carbocycles. The Kier molecular flexibility index (Phi) is 5.94. The molecule has 21 heavy (non-hydrogen) atoms. The molecule has 114 valence electrons. The molecule has 0 fully saturated rings. The molecule has 0 saturated heterocycles. The first-order chi connectivity index (χ1) is 9.77. The third-order valence-corrected chi connectivity index (χ3v) is 4.53. The monoisotopic (exact) mass is 308 g/mol. The molecule has 0 spiro atoms. The van der Waals surface area contributed by atoms with Crippen molar-refractivity contribution in [2.75, 3.05) is 6.54 Å². The maximum Gasteiger partial charge on any atom is 0.251 e. The first-order valence-electron chi connectivity index (χ1n) is 6.62. The lowest BCUT2D eigenvalue weighted by atomic mass is 10.1. The zero-order valence-electron chi connectivity index (χ0n) is 12.4. The Morgan fingerprint density at radius 2 is 2.00 bits per heavy atom. The van der Waals surface area contributed by atoms with Gasteiger partial charge in [0.15, 0.2) is 0 Å². The van der Waals surface area contributed by atoms with Crippen LogP contribution in [0.2, 0.25) is 0 Å². The molecule has 0 bridgehead atoms. The molecule has 0 radical (unpaired) electrons. The largest absolute Gasteiger partial charge is 0.349 e. The molecule has 2 N–H and O–H groups in total. The van der Waals surface area contributed by atoms with E-state index in [1.54, 1.807) is 6.07 Å². The quantitative estimate of drug-likeness (QED) is 0.780. The molecular weight excluding hydrogens is 288 g/mol. The van der Waals surface area contributed by atoms with Gasteiger partial charge in [-0.3, -0.25) is 4.79 Å². The van der Waals surface area contributed by atoms with Gasteiger partial charge in [-0.15, -0.1) is 6.42 Å². The maximum absolute atomic E-state index is 12.1. The minimum atomic E-state index is -3.70. The Labute approximate surface area is 126 Å². The van der Waals surface area contributed by atoms with E-state index >= 15 is 0 Å². The van der Waals surface area contributed by atoms with Crippen LogP contribution in [-0.4, -0.2) is 26.9 Å². The summed E-state index contributed by atoms with van der Waals surface area (Å²) >= 11 is 0. The second-order valence-electron chi connectivity index (χ2n) is 5.06. The standard InChI is InChI=1S/C15H20N2O3S/c1-5-9-16-21(19,20)14-8-6-7-13(10-14)15(18)17-12(4)11(2)3/h1,6-8,10-12,16H,9H2,2-4H3,(H,17,18). The average Bonchev–Trinajstić information content (AvgIpc) is 2.45. The SMILES string of the molecule is C#CCNS(=O)(=O)c1cccc(C(=O)NC(C)C(C)C)c1. The highest BCUT2D eigenvalue weighted by molar-refractivity contribution is 7.89. The van der Waals surface area contributed by atoms with Crippen LogP contribution in [0.15, 0.2) is 29.2 Å². The normalized spacial score (nSPS) is 12.7. The molecule has 1 unspecified atom stereocenters. The Bertz CT molecular complexity index is 645. The number of nitrogens with one attached hydrogen (secondary N) is 2. The molecule has 1 aromatic rings. The zero-order valence-corrected chi connectivity index (χ0v) is 13.2. The van der Waals surface area contributed by atoms with Crippen LogP contribution >= 0.6 is 0 Å². The lowest BCUT2D eigenvalue weighted by Crippen LogP contribution is -2.36. The molecule has 1 amide bonds. The number of hydrogen-bond acceptors (Lipinski definition) is 3. The highest BCUT2D eigenvalue weighted by Crippen LogP contribution is 2.12. The molecule has 0 saturated carbocycles. The van der Waals surface area contributed by atoms with Gasteiger partial charge in [0.25, 0.3) is 5.91 Å². The Balaban J connectivity index is 2.96. The van der Waals surface area contributed by atoms with Gasteiger partial charge in [0, 0.05) is 11.6 Å². The average molecular weight is 308 g/mol. The van der Waals surface area contributed by atoms with Gasteiger partial charge >= 0.3 is 0 Å². The summed E-state index contributed by atoms with van der Waals surface area (Å²) in [4.78, 5) is 12.1. The van der Waals surface area contributed by atoms with Crippen molar-refractivity contribution in [1.82, 2.24) is 10.0 Å². The second-order valence-corrected chi connectivity index (χ2v) is 6.83. The van der Waals surface area contributed by atoms with Gasteiger partial charge in [-0.25, -0.2) is 8.42 Å².